The van der Waals surface area contributed by atoms with Gasteiger partial charge >= 0.3 is 6.18 Å². The highest BCUT2D eigenvalue weighted by Crippen LogP contribution is 2.31. The van der Waals surface area contributed by atoms with Crippen molar-refractivity contribution in [3.8, 4) is 5.69 Å². The molecule has 0 saturated heterocycles. The third-order valence-corrected chi connectivity index (χ3v) is 4.77. The zero-order chi connectivity index (χ0) is 23.0. The number of benzene rings is 2. The molecule has 4 rings (SSSR count). The van der Waals surface area contributed by atoms with Gasteiger partial charge in [0.25, 0.3) is 5.78 Å². The van der Waals surface area contributed by atoms with E-state index in [-0.39, 0.29) is 11.5 Å². The lowest BCUT2D eigenvalue weighted by Gasteiger charge is -2.19. The number of nitrogens with one attached hydrogen (secondary N) is 1. The molecule has 5 nitrogen and oxygen atoms in total. The van der Waals surface area contributed by atoms with Crippen LogP contribution in [0.3, 0.4) is 0 Å². The summed E-state index contributed by atoms with van der Waals surface area (Å²) in [5, 5.41) is 1.84. The van der Waals surface area contributed by atoms with Gasteiger partial charge in [0.1, 0.15) is 16.8 Å². The van der Waals surface area contributed by atoms with Crippen LogP contribution < -0.4 is 10.7 Å². The molecule has 2 aromatic carbocycles. The lowest BCUT2D eigenvalue weighted by molar-refractivity contribution is -0.0884. The van der Waals surface area contributed by atoms with Crippen molar-refractivity contribution in [2.75, 3.05) is 5.32 Å². The van der Waals surface area contributed by atoms with Gasteiger partial charge in [0.05, 0.1) is 11.1 Å². The van der Waals surface area contributed by atoms with E-state index in [0.29, 0.717) is 11.8 Å². The van der Waals surface area contributed by atoms with Crippen LogP contribution in [-0.2, 0) is 0 Å². The summed E-state index contributed by atoms with van der Waals surface area (Å²) in [4.78, 5) is 28.9. The molecule has 0 aliphatic rings. The first-order valence-corrected chi connectivity index (χ1v) is 9.49. The summed E-state index contributed by atoms with van der Waals surface area (Å²) < 4.78 is 55.4. The van der Waals surface area contributed by atoms with Gasteiger partial charge in [0, 0.05) is 17.3 Å². The van der Waals surface area contributed by atoms with Crippen LogP contribution >= 0.6 is 11.6 Å². The number of anilines is 2. The fourth-order valence-corrected chi connectivity index (χ4v) is 3.44. The number of para-hydroxylation sites is 2. The number of ketones is 1. The van der Waals surface area contributed by atoms with Crippen LogP contribution in [-0.4, -0.2) is 21.5 Å². The molecule has 0 radical (unpaired) electrons. The number of fused-ring (bicyclic) bond motifs is 1. The van der Waals surface area contributed by atoms with Crippen molar-refractivity contribution in [2.45, 2.75) is 6.18 Å². The number of nitrogens with zero attached hydrogens (tertiary/aromatic N) is 2. The first kappa shape index (κ1) is 21.5. The van der Waals surface area contributed by atoms with Crippen LogP contribution in [0.4, 0.5) is 29.1 Å². The van der Waals surface area contributed by atoms with Gasteiger partial charge in [0.2, 0.25) is 0 Å². The largest absolute Gasteiger partial charge is 0.454 e. The summed E-state index contributed by atoms with van der Waals surface area (Å²) in [6, 6.07) is 15.6. The number of Topliss-reactive ketones (excluding diaryl/α,β-unsaturated/α-hetero) is 1. The number of carbonyl (C=O) groups is 1. The maximum atomic E-state index is 14.7. The molecule has 0 fully saturated rings. The Bertz CT molecular complexity index is 1400. The van der Waals surface area contributed by atoms with Gasteiger partial charge in [-0.25, -0.2) is 9.37 Å². The number of pyridine rings is 2. The Kier molecular flexibility index (Phi) is 5.43. The van der Waals surface area contributed by atoms with Gasteiger partial charge in [-0.3, -0.25) is 14.2 Å². The van der Waals surface area contributed by atoms with Crippen molar-refractivity contribution < 1.29 is 22.4 Å². The minimum Gasteiger partial charge on any atom is -0.341 e. The fourth-order valence-electron chi connectivity index (χ4n) is 3.25. The highest BCUT2D eigenvalue weighted by atomic mass is 35.5. The van der Waals surface area contributed by atoms with Crippen molar-refractivity contribution in [3.05, 3.63) is 93.5 Å². The van der Waals surface area contributed by atoms with E-state index >= 15 is 0 Å². The van der Waals surface area contributed by atoms with E-state index in [1.54, 1.807) is 30.3 Å². The van der Waals surface area contributed by atoms with E-state index in [9.17, 15) is 27.2 Å². The lowest BCUT2D eigenvalue weighted by Crippen LogP contribution is -2.25. The van der Waals surface area contributed by atoms with E-state index < -0.39 is 45.0 Å². The molecular weight excluding hydrogens is 450 g/mol. The highest BCUT2D eigenvalue weighted by molar-refractivity contribution is 6.30. The molecule has 0 amide bonds. The van der Waals surface area contributed by atoms with E-state index in [1.807, 2.05) is 0 Å². The number of alkyl halides is 3. The molecule has 0 unspecified atom stereocenters. The smallest absolute Gasteiger partial charge is 0.341 e. The molecule has 4 aromatic rings. The first-order valence-electron chi connectivity index (χ1n) is 9.11. The average Bonchev–Trinajstić information content (AvgIpc) is 2.73. The Balaban J connectivity index is 2.12. The van der Waals surface area contributed by atoms with Crippen molar-refractivity contribution in [1.29, 1.82) is 0 Å². The molecule has 162 valence electrons. The first-order chi connectivity index (χ1) is 15.2. The van der Waals surface area contributed by atoms with Crippen molar-refractivity contribution in [3.63, 3.8) is 0 Å². The molecule has 0 aliphatic carbocycles. The molecule has 2 heterocycles. The second-order valence-electron chi connectivity index (χ2n) is 6.69. The molecule has 0 saturated carbocycles. The van der Waals surface area contributed by atoms with Crippen LogP contribution in [0.5, 0.6) is 0 Å². The zero-order valence-corrected chi connectivity index (χ0v) is 16.7. The van der Waals surface area contributed by atoms with Crippen LogP contribution in [0, 0.1) is 5.82 Å². The maximum absolute atomic E-state index is 14.7. The minimum atomic E-state index is -5.26. The van der Waals surface area contributed by atoms with Gasteiger partial charge in [-0.1, -0.05) is 41.9 Å². The second-order valence-corrected chi connectivity index (χ2v) is 7.08. The Morgan fingerprint density at radius 1 is 1.00 bits per heavy atom. The lowest BCUT2D eigenvalue weighted by atomic mass is 10.1. The summed E-state index contributed by atoms with van der Waals surface area (Å²) in [6.45, 7) is 0. The standard InChI is InChI=1S/C22H12ClF4N3O2/c23-17-10-13(20(32)22(25,26)27)19-16(31)11-18(28-12-6-2-1-3-7-12)30(21(19)29-17)15-9-5-4-8-14(15)24/h1-11,28H. The average molecular weight is 462 g/mol. The van der Waals surface area contributed by atoms with Gasteiger partial charge in [-0.2, -0.15) is 13.2 Å². The normalized spacial score (nSPS) is 11.5. The molecule has 0 bridgehead atoms. The fraction of sp³-hybridized carbons (Fsp3) is 0.0455. The van der Waals surface area contributed by atoms with Crippen LogP contribution in [0.1, 0.15) is 10.4 Å². The molecule has 1 N–H and O–H groups in total. The summed E-state index contributed by atoms with van der Waals surface area (Å²) in [6.07, 6.45) is -5.26. The molecule has 2 aromatic heterocycles. The summed E-state index contributed by atoms with van der Waals surface area (Å²) >= 11 is 5.92. The van der Waals surface area contributed by atoms with Gasteiger partial charge in [0.15, 0.2) is 11.1 Å². The zero-order valence-electron chi connectivity index (χ0n) is 16.0. The minimum absolute atomic E-state index is 0.0129. The highest BCUT2D eigenvalue weighted by Gasteiger charge is 2.41. The summed E-state index contributed by atoms with van der Waals surface area (Å²) in [5.41, 5.74) is -1.88. The Labute approximate surface area is 182 Å². The van der Waals surface area contributed by atoms with Crippen molar-refractivity contribution in [2.24, 2.45) is 0 Å². The Hall–Kier alpha value is -3.72. The van der Waals surface area contributed by atoms with E-state index in [2.05, 4.69) is 10.3 Å². The summed E-state index contributed by atoms with van der Waals surface area (Å²) in [5.74, 6) is -2.98. The van der Waals surface area contributed by atoms with Crippen LogP contribution in [0.15, 0.2) is 71.5 Å². The van der Waals surface area contributed by atoms with E-state index in [4.69, 9.17) is 11.6 Å². The topological polar surface area (TPSA) is 64.0 Å². The van der Waals surface area contributed by atoms with Crippen molar-refractivity contribution in [1.82, 2.24) is 9.55 Å². The number of rotatable bonds is 4. The Morgan fingerprint density at radius 3 is 2.31 bits per heavy atom. The van der Waals surface area contributed by atoms with Crippen LogP contribution in [0.25, 0.3) is 16.7 Å². The number of aromatic nitrogens is 2. The molecule has 10 heteroatoms. The number of hydrogen-bond donors (Lipinski definition) is 1. The Morgan fingerprint density at radius 2 is 1.66 bits per heavy atom. The predicted octanol–water partition coefficient (Wildman–Crippen LogP) is 5.67. The van der Waals surface area contributed by atoms with Gasteiger partial charge in [-0.15, -0.1) is 0 Å². The van der Waals surface area contributed by atoms with Gasteiger partial charge < -0.3 is 5.32 Å². The van der Waals surface area contributed by atoms with E-state index in [1.165, 1.54) is 18.2 Å². The third-order valence-electron chi connectivity index (χ3n) is 4.58. The molecule has 0 atom stereocenters. The molecular formula is C22H12ClF4N3O2. The maximum Gasteiger partial charge on any atom is 0.454 e. The SMILES string of the molecule is O=C(c1cc(Cl)nc2c1c(=O)cc(Nc1ccccc1)n2-c1ccccc1F)C(F)(F)F. The van der Waals surface area contributed by atoms with E-state index in [0.717, 1.165) is 16.7 Å². The number of carbonyl (C=O) groups excluding carboxylic acids is 1. The monoisotopic (exact) mass is 461 g/mol. The molecule has 0 spiro atoms. The quantitative estimate of drug-likeness (QED) is 0.242. The number of halogens is 5. The molecule has 0 aliphatic heterocycles. The van der Waals surface area contributed by atoms with Crippen LogP contribution in [0.2, 0.25) is 5.15 Å². The predicted molar refractivity (Wildman–Crippen MR) is 112 cm³/mol. The summed E-state index contributed by atoms with van der Waals surface area (Å²) in [7, 11) is 0. The third kappa shape index (κ3) is 3.94. The second kappa shape index (κ2) is 8.08. The number of hydrogen-bond acceptors (Lipinski definition) is 4. The van der Waals surface area contributed by atoms with Gasteiger partial charge in [-0.05, 0) is 30.3 Å². The molecule has 32 heavy (non-hydrogen) atoms. The van der Waals surface area contributed by atoms with Crippen molar-refractivity contribution >= 4 is 39.9 Å².